The maximum atomic E-state index is 5.74. The van der Waals surface area contributed by atoms with Gasteiger partial charge in [-0.2, -0.15) is 0 Å². The predicted octanol–water partition coefficient (Wildman–Crippen LogP) is 3.61. The number of nitrogens with one attached hydrogen (secondary N) is 1. The molecule has 2 rings (SSSR count). The van der Waals surface area contributed by atoms with Crippen LogP contribution in [-0.4, -0.2) is 6.61 Å². The fourth-order valence-corrected chi connectivity index (χ4v) is 2.41. The average Bonchev–Trinajstić information content (AvgIpc) is 2.53. The second-order valence-corrected chi connectivity index (χ2v) is 5.16. The van der Waals surface area contributed by atoms with Gasteiger partial charge in [0.15, 0.2) is 0 Å². The smallest absolute Gasteiger partial charge is 0.119 e. The summed E-state index contributed by atoms with van der Waals surface area (Å²) in [6.07, 6.45) is 3.09. The van der Waals surface area contributed by atoms with E-state index in [-0.39, 0.29) is 6.04 Å². The van der Waals surface area contributed by atoms with E-state index in [1.54, 1.807) is 0 Å². The van der Waals surface area contributed by atoms with Gasteiger partial charge < -0.3 is 4.74 Å². The lowest BCUT2D eigenvalue weighted by Crippen LogP contribution is -2.29. The minimum atomic E-state index is 0.116. The van der Waals surface area contributed by atoms with Crippen LogP contribution in [0.4, 0.5) is 0 Å². The van der Waals surface area contributed by atoms with Gasteiger partial charge in [-0.05, 0) is 29.7 Å². The maximum Gasteiger partial charge on any atom is 0.119 e. The summed E-state index contributed by atoms with van der Waals surface area (Å²) >= 11 is 0. The second-order valence-electron chi connectivity index (χ2n) is 5.16. The molecule has 3 heteroatoms. The quantitative estimate of drug-likeness (QED) is 0.575. The summed E-state index contributed by atoms with van der Waals surface area (Å²) in [6, 6.07) is 18.6. The number of hydrogen-bond acceptors (Lipinski definition) is 3. The van der Waals surface area contributed by atoms with E-state index in [0.29, 0.717) is 6.61 Å². The lowest BCUT2D eigenvalue weighted by atomic mass is 10.0. The number of ether oxygens (including phenoxy) is 1. The van der Waals surface area contributed by atoms with Crippen molar-refractivity contribution in [2.75, 3.05) is 6.61 Å². The van der Waals surface area contributed by atoms with Gasteiger partial charge in [0.2, 0.25) is 0 Å². The Morgan fingerprint density at radius 1 is 1.10 bits per heavy atom. The number of benzene rings is 2. The van der Waals surface area contributed by atoms with E-state index in [1.807, 2.05) is 30.3 Å². The summed E-state index contributed by atoms with van der Waals surface area (Å²) in [4.78, 5) is 0. The summed E-state index contributed by atoms with van der Waals surface area (Å²) in [6.45, 7) is 2.83. The first-order chi connectivity index (χ1) is 10.3. The van der Waals surface area contributed by atoms with Crippen molar-refractivity contribution in [2.45, 2.75) is 32.2 Å². The number of aryl methyl sites for hydroxylation is 1. The Morgan fingerprint density at radius 3 is 2.62 bits per heavy atom. The Morgan fingerprint density at radius 2 is 1.90 bits per heavy atom. The number of hydrazine groups is 1. The zero-order valence-electron chi connectivity index (χ0n) is 12.6. The molecule has 0 heterocycles. The van der Waals surface area contributed by atoms with Crippen LogP contribution < -0.4 is 16.0 Å². The minimum absolute atomic E-state index is 0.116. The molecule has 1 unspecified atom stereocenters. The zero-order chi connectivity index (χ0) is 14.9. The standard InChI is InChI=1S/C18H24N2O/c1-2-7-15-8-6-9-16(14-15)18(20-19)12-13-21-17-10-4-3-5-11-17/h3-6,8-11,14,18,20H,2,7,12-13,19H2,1H3. The van der Waals surface area contributed by atoms with Gasteiger partial charge in [0, 0.05) is 12.5 Å². The van der Waals surface area contributed by atoms with E-state index >= 15 is 0 Å². The molecule has 1 atom stereocenters. The van der Waals surface area contributed by atoms with Crippen molar-refractivity contribution in [3.05, 3.63) is 65.7 Å². The van der Waals surface area contributed by atoms with Crippen LogP contribution in [-0.2, 0) is 6.42 Å². The summed E-state index contributed by atoms with van der Waals surface area (Å²) in [5.41, 5.74) is 5.48. The zero-order valence-corrected chi connectivity index (χ0v) is 12.6. The van der Waals surface area contributed by atoms with Crippen LogP contribution >= 0.6 is 0 Å². The monoisotopic (exact) mass is 284 g/mol. The fourth-order valence-electron chi connectivity index (χ4n) is 2.41. The molecule has 0 aliphatic carbocycles. The summed E-state index contributed by atoms with van der Waals surface area (Å²) < 4.78 is 5.74. The molecule has 2 aromatic carbocycles. The van der Waals surface area contributed by atoms with Gasteiger partial charge in [-0.15, -0.1) is 0 Å². The highest BCUT2D eigenvalue weighted by Crippen LogP contribution is 2.19. The second kappa shape index (κ2) is 8.45. The van der Waals surface area contributed by atoms with Crippen LogP contribution in [0.1, 0.15) is 36.9 Å². The normalized spacial score (nSPS) is 12.1. The fraction of sp³-hybridized carbons (Fsp3) is 0.333. The molecule has 0 aromatic heterocycles. The molecule has 3 nitrogen and oxygen atoms in total. The van der Waals surface area contributed by atoms with Gasteiger partial charge in [0.05, 0.1) is 6.61 Å². The largest absolute Gasteiger partial charge is 0.494 e. The molecule has 0 aliphatic rings. The van der Waals surface area contributed by atoms with Crippen molar-refractivity contribution >= 4 is 0 Å². The molecular formula is C18H24N2O. The molecule has 0 aliphatic heterocycles. The molecule has 3 N–H and O–H groups in total. The molecule has 0 saturated carbocycles. The molecule has 0 amide bonds. The van der Waals surface area contributed by atoms with Crippen molar-refractivity contribution in [3.63, 3.8) is 0 Å². The maximum absolute atomic E-state index is 5.74. The first-order valence-corrected chi connectivity index (χ1v) is 7.56. The minimum Gasteiger partial charge on any atom is -0.494 e. The lowest BCUT2D eigenvalue weighted by Gasteiger charge is -2.17. The van der Waals surface area contributed by atoms with E-state index in [4.69, 9.17) is 10.6 Å². The number of nitrogens with two attached hydrogens (primary N) is 1. The van der Waals surface area contributed by atoms with E-state index in [1.165, 1.54) is 11.1 Å². The third-order valence-corrected chi connectivity index (χ3v) is 3.51. The van der Waals surface area contributed by atoms with E-state index in [9.17, 15) is 0 Å². The molecular weight excluding hydrogens is 260 g/mol. The first kappa shape index (κ1) is 15.5. The van der Waals surface area contributed by atoms with E-state index < -0.39 is 0 Å². The first-order valence-electron chi connectivity index (χ1n) is 7.56. The van der Waals surface area contributed by atoms with E-state index in [0.717, 1.165) is 25.0 Å². The lowest BCUT2D eigenvalue weighted by molar-refractivity contribution is 0.287. The van der Waals surface area contributed by atoms with Crippen molar-refractivity contribution in [1.29, 1.82) is 0 Å². The van der Waals surface area contributed by atoms with Crippen LogP contribution in [0.15, 0.2) is 54.6 Å². The van der Waals surface area contributed by atoms with Gasteiger partial charge >= 0.3 is 0 Å². The van der Waals surface area contributed by atoms with Gasteiger partial charge in [-0.3, -0.25) is 11.3 Å². The van der Waals surface area contributed by atoms with Crippen LogP contribution in [0.25, 0.3) is 0 Å². The Labute approximate surface area is 127 Å². The third kappa shape index (κ3) is 4.88. The van der Waals surface area contributed by atoms with Crippen molar-refractivity contribution < 1.29 is 4.74 Å². The summed E-state index contributed by atoms with van der Waals surface area (Å²) in [7, 11) is 0. The van der Waals surface area contributed by atoms with Crippen molar-refractivity contribution in [3.8, 4) is 5.75 Å². The van der Waals surface area contributed by atoms with Crippen LogP contribution in [0.5, 0.6) is 5.75 Å². The molecule has 0 bridgehead atoms. The Hall–Kier alpha value is -1.84. The Bertz CT molecular complexity index is 528. The number of hydrogen-bond donors (Lipinski definition) is 2. The summed E-state index contributed by atoms with van der Waals surface area (Å²) in [5, 5.41) is 0. The number of rotatable bonds is 8. The molecule has 0 fully saturated rings. The average molecular weight is 284 g/mol. The Kier molecular flexibility index (Phi) is 6.25. The highest BCUT2D eigenvalue weighted by atomic mass is 16.5. The predicted molar refractivity (Wildman–Crippen MR) is 87.1 cm³/mol. The van der Waals surface area contributed by atoms with Crippen molar-refractivity contribution in [2.24, 2.45) is 5.84 Å². The van der Waals surface area contributed by atoms with Gasteiger partial charge in [0.25, 0.3) is 0 Å². The molecule has 0 spiro atoms. The number of para-hydroxylation sites is 1. The molecule has 2 aromatic rings. The van der Waals surface area contributed by atoms with Crippen molar-refractivity contribution in [1.82, 2.24) is 5.43 Å². The Balaban J connectivity index is 1.91. The topological polar surface area (TPSA) is 47.3 Å². The van der Waals surface area contributed by atoms with Gasteiger partial charge in [-0.1, -0.05) is 55.8 Å². The van der Waals surface area contributed by atoms with Gasteiger partial charge in [-0.25, -0.2) is 0 Å². The van der Waals surface area contributed by atoms with Crippen LogP contribution in [0.2, 0.25) is 0 Å². The van der Waals surface area contributed by atoms with Crippen LogP contribution in [0, 0.1) is 0 Å². The molecule has 112 valence electrons. The van der Waals surface area contributed by atoms with E-state index in [2.05, 4.69) is 36.6 Å². The molecule has 21 heavy (non-hydrogen) atoms. The summed E-state index contributed by atoms with van der Waals surface area (Å²) in [5.74, 6) is 6.60. The molecule has 0 saturated heterocycles. The highest BCUT2D eigenvalue weighted by Gasteiger charge is 2.10. The SMILES string of the molecule is CCCc1cccc(C(CCOc2ccccc2)NN)c1. The molecule has 0 radical (unpaired) electrons. The van der Waals surface area contributed by atoms with Gasteiger partial charge in [0.1, 0.15) is 5.75 Å². The van der Waals surface area contributed by atoms with Crippen LogP contribution in [0.3, 0.4) is 0 Å². The third-order valence-electron chi connectivity index (χ3n) is 3.51. The highest BCUT2D eigenvalue weighted by molar-refractivity contribution is 5.26.